The lowest BCUT2D eigenvalue weighted by Gasteiger charge is -2.16. The summed E-state index contributed by atoms with van der Waals surface area (Å²) >= 11 is 0. The minimum atomic E-state index is -0.437. The number of urea groups is 1. The van der Waals surface area contributed by atoms with E-state index in [2.05, 4.69) is 10.6 Å². The molecule has 23 heavy (non-hydrogen) atoms. The van der Waals surface area contributed by atoms with E-state index in [1.165, 1.54) is 4.57 Å². The Labute approximate surface area is 135 Å². The van der Waals surface area contributed by atoms with Crippen molar-refractivity contribution < 1.29 is 9.53 Å². The summed E-state index contributed by atoms with van der Waals surface area (Å²) in [6.45, 7) is 4.20. The molecule has 1 atom stereocenters. The van der Waals surface area contributed by atoms with Crippen LogP contribution in [0.15, 0.2) is 47.4 Å². The second kappa shape index (κ2) is 7.49. The Kier molecular flexibility index (Phi) is 5.41. The number of nitrogens with one attached hydrogen (secondary N) is 2. The largest absolute Gasteiger partial charge is 0.489 e. The van der Waals surface area contributed by atoms with Crippen molar-refractivity contribution in [2.45, 2.75) is 20.0 Å². The van der Waals surface area contributed by atoms with Gasteiger partial charge >= 0.3 is 6.03 Å². The molecule has 0 saturated carbocycles. The second-order valence-corrected chi connectivity index (χ2v) is 5.41. The van der Waals surface area contributed by atoms with Gasteiger partial charge in [0, 0.05) is 13.2 Å². The van der Waals surface area contributed by atoms with E-state index < -0.39 is 6.03 Å². The predicted octanol–water partition coefficient (Wildman–Crippen LogP) is 2.28. The average molecular weight is 315 g/mol. The second-order valence-electron chi connectivity index (χ2n) is 5.41. The minimum absolute atomic E-state index is 0.193. The number of ether oxygens (including phenoxy) is 1. The van der Waals surface area contributed by atoms with Gasteiger partial charge in [-0.2, -0.15) is 0 Å². The number of hydrogen-bond acceptors (Lipinski definition) is 3. The van der Waals surface area contributed by atoms with E-state index in [1.807, 2.05) is 38.1 Å². The molecule has 0 aliphatic carbocycles. The quantitative estimate of drug-likeness (QED) is 0.889. The lowest BCUT2D eigenvalue weighted by atomic mass is 10.2. The van der Waals surface area contributed by atoms with Crippen LogP contribution in [-0.4, -0.2) is 23.2 Å². The monoisotopic (exact) mass is 315 g/mol. The Morgan fingerprint density at radius 3 is 2.65 bits per heavy atom. The van der Waals surface area contributed by atoms with E-state index in [-0.39, 0.29) is 17.4 Å². The third kappa shape index (κ3) is 4.88. The molecule has 0 unspecified atom stereocenters. The molecule has 0 saturated heterocycles. The van der Waals surface area contributed by atoms with Crippen molar-refractivity contribution in [3.05, 3.63) is 58.5 Å². The van der Waals surface area contributed by atoms with Crippen molar-refractivity contribution >= 4 is 11.7 Å². The van der Waals surface area contributed by atoms with Crippen LogP contribution in [-0.2, 0) is 7.05 Å². The number of carbonyl (C=O) groups is 1. The van der Waals surface area contributed by atoms with Crippen LogP contribution in [0.1, 0.15) is 12.5 Å². The fraction of sp³-hybridized carbons (Fsp3) is 0.294. The summed E-state index contributed by atoms with van der Waals surface area (Å²) in [6.07, 6.45) is 1.44. The predicted molar refractivity (Wildman–Crippen MR) is 90.0 cm³/mol. The van der Waals surface area contributed by atoms with Gasteiger partial charge in [0.2, 0.25) is 0 Å². The maximum atomic E-state index is 11.9. The number of amides is 2. The van der Waals surface area contributed by atoms with Crippen molar-refractivity contribution in [2.24, 2.45) is 7.05 Å². The molecule has 0 fully saturated rings. The van der Waals surface area contributed by atoms with Crippen LogP contribution in [0.2, 0.25) is 0 Å². The van der Waals surface area contributed by atoms with Gasteiger partial charge in [0.25, 0.3) is 5.56 Å². The lowest BCUT2D eigenvalue weighted by molar-refractivity contribution is 0.212. The normalized spacial score (nSPS) is 11.6. The first-order valence-corrected chi connectivity index (χ1v) is 7.39. The molecule has 2 aromatic rings. The SMILES string of the molecule is Cc1ccc(O[C@@H](C)CNC(=O)Nc2cccn(C)c2=O)cc1. The summed E-state index contributed by atoms with van der Waals surface area (Å²) in [6, 6.07) is 10.5. The molecule has 0 aliphatic heterocycles. The standard InChI is InChI=1S/C17H21N3O3/c1-12-6-8-14(9-7-12)23-13(2)11-18-17(22)19-15-5-4-10-20(3)16(15)21/h4-10,13H,11H2,1-3H3,(H2,18,19,22)/t13-/m0/s1. The van der Waals surface area contributed by atoms with Crippen molar-refractivity contribution in [1.82, 2.24) is 9.88 Å². The number of pyridine rings is 1. The molecule has 2 amide bonds. The molecule has 122 valence electrons. The third-order valence-corrected chi connectivity index (χ3v) is 3.28. The lowest BCUT2D eigenvalue weighted by Crippen LogP contribution is -2.37. The zero-order chi connectivity index (χ0) is 16.8. The summed E-state index contributed by atoms with van der Waals surface area (Å²) in [7, 11) is 1.63. The van der Waals surface area contributed by atoms with Crippen LogP contribution in [0.3, 0.4) is 0 Å². The highest BCUT2D eigenvalue weighted by molar-refractivity contribution is 5.88. The summed E-state index contributed by atoms with van der Waals surface area (Å²) < 4.78 is 7.11. The Hall–Kier alpha value is -2.76. The molecule has 2 N–H and O–H groups in total. The molecule has 1 aromatic carbocycles. The highest BCUT2D eigenvalue weighted by atomic mass is 16.5. The van der Waals surface area contributed by atoms with Crippen molar-refractivity contribution in [3.63, 3.8) is 0 Å². The molecule has 0 aliphatic rings. The Morgan fingerprint density at radius 2 is 1.96 bits per heavy atom. The fourth-order valence-corrected chi connectivity index (χ4v) is 1.99. The van der Waals surface area contributed by atoms with Gasteiger partial charge in [-0.25, -0.2) is 4.79 Å². The number of nitrogens with zero attached hydrogens (tertiary/aromatic N) is 1. The van der Waals surface area contributed by atoms with E-state index >= 15 is 0 Å². The Bertz CT molecular complexity index is 723. The molecule has 2 rings (SSSR count). The number of rotatable bonds is 5. The molecule has 1 aromatic heterocycles. The number of anilines is 1. The van der Waals surface area contributed by atoms with Gasteiger partial charge in [0.05, 0.1) is 6.54 Å². The molecule has 0 bridgehead atoms. The van der Waals surface area contributed by atoms with E-state index in [9.17, 15) is 9.59 Å². The van der Waals surface area contributed by atoms with Gasteiger partial charge in [0.1, 0.15) is 17.5 Å². The number of hydrogen-bond donors (Lipinski definition) is 2. The number of aryl methyl sites for hydroxylation is 2. The molecule has 6 heteroatoms. The first-order valence-electron chi connectivity index (χ1n) is 7.39. The van der Waals surface area contributed by atoms with E-state index in [1.54, 1.807) is 25.4 Å². The highest BCUT2D eigenvalue weighted by Gasteiger charge is 2.09. The topological polar surface area (TPSA) is 72.4 Å². The van der Waals surface area contributed by atoms with Crippen LogP contribution in [0.25, 0.3) is 0 Å². The average Bonchev–Trinajstić information content (AvgIpc) is 2.52. The molecular weight excluding hydrogens is 294 g/mol. The van der Waals surface area contributed by atoms with Crippen molar-refractivity contribution in [1.29, 1.82) is 0 Å². The first kappa shape index (κ1) is 16.6. The minimum Gasteiger partial charge on any atom is -0.489 e. The molecular formula is C17H21N3O3. The summed E-state index contributed by atoms with van der Waals surface area (Å²) in [5.74, 6) is 0.752. The summed E-state index contributed by atoms with van der Waals surface area (Å²) in [4.78, 5) is 23.7. The van der Waals surface area contributed by atoms with Gasteiger partial charge in [0.15, 0.2) is 0 Å². The van der Waals surface area contributed by atoms with E-state index in [0.29, 0.717) is 6.54 Å². The Morgan fingerprint density at radius 1 is 1.26 bits per heavy atom. The van der Waals surface area contributed by atoms with Gasteiger partial charge < -0.3 is 19.9 Å². The third-order valence-electron chi connectivity index (χ3n) is 3.28. The maximum absolute atomic E-state index is 11.9. The van der Waals surface area contributed by atoms with Crippen molar-refractivity contribution in [3.8, 4) is 5.75 Å². The van der Waals surface area contributed by atoms with Gasteiger partial charge in [-0.1, -0.05) is 17.7 Å². The van der Waals surface area contributed by atoms with Gasteiger partial charge in [-0.15, -0.1) is 0 Å². The number of carbonyl (C=O) groups excluding carboxylic acids is 1. The van der Waals surface area contributed by atoms with Crippen LogP contribution in [0, 0.1) is 6.92 Å². The van der Waals surface area contributed by atoms with Gasteiger partial charge in [-0.05, 0) is 38.1 Å². The summed E-state index contributed by atoms with van der Waals surface area (Å²) in [5, 5.41) is 5.22. The number of benzene rings is 1. The van der Waals surface area contributed by atoms with Crippen LogP contribution < -0.4 is 20.9 Å². The maximum Gasteiger partial charge on any atom is 0.319 e. The van der Waals surface area contributed by atoms with Crippen molar-refractivity contribution in [2.75, 3.05) is 11.9 Å². The van der Waals surface area contributed by atoms with E-state index in [0.717, 1.165) is 11.3 Å². The number of aromatic nitrogens is 1. The molecule has 6 nitrogen and oxygen atoms in total. The zero-order valence-corrected chi connectivity index (χ0v) is 13.5. The highest BCUT2D eigenvalue weighted by Crippen LogP contribution is 2.12. The van der Waals surface area contributed by atoms with E-state index in [4.69, 9.17) is 4.74 Å². The first-order chi connectivity index (χ1) is 11.0. The van der Waals surface area contributed by atoms with Crippen LogP contribution >= 0.6 is 0 Å². The zero-order valence-electron chi connectivity index (χ0n) is 13.5. The van der Waals surface area contributed by atoms with Gasteiger partial charge in [-0.3, -0.25) is 4.79 Å². The fourth-order valence-electron chi connectivity index (χ4n) is 1.99. The van der Waals surface area contributed by atoms with Crippen LogP contribution in [0.5, 0.6) is 5.75 Å². The molecule has 1 heterocycles. The van der Waals surface area contributed by atoms with Crippen LogP contribution in [0.4, 0.5) is 10.5 Å². The summed E-state index contributed by atoms with van der Waals surface area (Å²) in [5.41, 5.74) is 1.14. The molecule has 0 radical (unpaired) electrons. The Balaban J connectivity index is 1.83. The smallest absolute Gasteiger partial charge is 0.319 e. The molecule has 0 spiro atoms.